The Morgan fingerprint density at radius 1 is 1.48 bits per heavy atom. The van der Waals surface area contributed by atoms with Gasteiger partial charge in [0, 0.05) is 31.6 Å². The first-order valence-electron chi connectivity index (χ1n) is 7.13. The topological polar surface area (TPSA) is 95.7 Å². The van der Waals surface area contributed by atoms with Crippen LogP contribution >= 0.6 is 0 Å². The van der Waals surface area contributed by atoms with Crippen LogP contribution < -0.4 is 5.32 Å². The summed E-state index contributed by atoms with van der Waals surface area (Å²) in [7, 11) is 0. The Balaban J connectivity index is 1.78. The maximum Gasteiger partial charge on any atom is 0.317 e. The predicted octanol–water partition coefficient (Wildman–Crippen LogP) is 1.69. The van der Waals surface area contributed by atoms with Crippen LogP contribution in [0.5, 0.6) is 0 Å². The lowest BCUT2D eigenvalue weighted by Gasteiger charge is -2.17. The third-order valence-electron chi connectivity index (χ3n) is 3.94. The number of hydrogen-bond donors (Lipinski definition) is 2. The second-order valence-electron chi connectivity index (χ2n) is 5.49. The van der Waals surface area contributed by atoms with Crippen molar-refractivity contribution in [3.63, 3.8) is 0 Å². The fourth-order valence-electron chi connectivity index (χ4n) is 2.61. The monoisotopic (exact) mass is 295 g/mol. The van der Waals surface area contributed by atoms with E-state index < -0.39 is 5.97 Å². The van der Waals surface area contributed by atoms with Gasteiger partial charge in [-0.25, -0.2) is 4.79 Å². The second kappa shape index (κ2) is 6.60. The average Bonchev–Trinajstić information content (AvgIpc) is 3.02. The molecule has 1 fully saturated rings. The highest BCUT2D eigenvalue weighted by atomic mass is 16.5. The number of rotatable bonds is 5. The average molecular weight is 295 g/mol. The maximum atomic E-state index is 12.1. The number of amides is 2. The summed E-state index contributed by atoms with van der Waals surface area (Å²) in [5, 5.41) is 15.4. The van der Waals surface area contributed by atoms with Gasteiger partial charge in [0.1, 0.15) is 5.76 Å². The van der Waals surface area contributed by atoms with Crippen molar-refractivity contribution >= 4 is 12.0 Å². The van der Waals surface area contributed by atoms with Crippen molar-refractivity contribution in [3.05, 3.63) is 17.0 Å². The molecular formula is C14H21N3O4. The van der Waals surface area contributed by atoms with Gasteiger partial charge in [-0.15, -0.1) is 0 Å². The quantitative estimate of drug-likeness (QED) is 0.861. The number of carboxylic acid groups (broad SMARTS) is 1. The molecule has 1 atom stereocenters. The fraction of sp³-hybridized carbons (Fsp3) is 0.643. The summed E-state index contributed by atoms with van der Waals surface area (Å²) in [5.41, 5.74) is 1.69. The molecule has 116 valence electrons. The van der Waals surface area contributed by atoms with Crippen LogP contribution in [0.15, 0.2) is 4.52 Å². The van der Waals surface area contributed by atoms with Crippen molar-refractivity contribution in [1.82, 2.24) is 15.4 Å². The van der Waals surface area contributed by atoms with Gasteiger partial charge in [0.05, 0.1) is 5.69 Å². The van der Waals surface area contributed by atoms with E-state index in [0.717, 1.165) is 17.7 Å². The summed E-state index contributed by atoms with van der Waals surface area (Å²) in [4.78, 5) is 24.4. The number of urea groups is 1. The molecule has 2 rings (SSSR count). The molecule has 2 heterocycles. The Hall–Kier alpha value is -2.05. The fourth-order valence-corrected chi connectivity index (χ4v) is 2.61. The highest BCUT2D eigenvalue weighted by molar-refractivity contribution is 5.74. The number of aromatic nitrogens is 1. The normalized spacial score (nSPS) is 18.0. The van der Waals surface area contributed by atoms with Crippen LogP contribution in [0.2, 0.25) is 0 Å². The molecule has 0 spiro atoms. The van der Waals surface area contributed by atoms with Crippen LogP contribution in [0.3, 0.4) is 0 Å². The molecule has 0 radical (unpaired) electrons. The number of hydrogen-bond acceptors (Lipinski definition) is 4. The van der Waals surface area contributed by atoms with Gasteiger partial charge in [0.25, 0.3) is 0 Å². The molecule has 0 aliphatic carbocycles. The zero-order valence-corrected chi connectivity index (χ0v) is 12.4. The van der Waals surface area contributed by atoms with E-state index in [1.165, 1.54) is 0 Å². The number of carboxylic acids is 1. The number of nitrogens with zero attached hydrogens (tertiary/aromatic N) is 2. The van der Waals surface area contributed by atoms with Gasteiger partial charge in [0.15, 0.2) is 0 Å². The molecule has 1 unspecified atom stereocenters. The van der Waals surface area contributed by atoms with E-state index in [4.69, 9.17) is 9.63 Å². The molecule has 7 nitrogen and oxygen atoms in total. The van der Waals surface area contributed by atoms with Crippen molar-refractivity contribution in [2.45, 2.75) is 39.7 Å². The maximum absolute atomic E-state index is 12.1. The molecule has 2 amide bonds. The molecule has 1 aliphatic heterocycles. The number of likely N-dealkylation sites (tertiary alicyclic amines) is 1. The van der Waals surface area contributed by atoms with Crippen LogP contribution in [-0.4, -0.2) is 40.3 Å². The lowest BCUT2D eigenvalue weighted by Crippen LogP contribution is -2.38. The number of nitrogens with one attached hydrogen (secondary N) is 1. The van der Waals surface area contributed by atoms with E-state index in [9.17, 15) is 9.59 Å². The molecule has 21 heavy (non-hydrogen) atoms. The molecule has 7 heteroatoms. The van der Waals surface area contributed by atoms with E-state index >= 15 is 0 Å². The molecule has 1 saturated heterocycles. The Morgan fingerprint density at radius 3 is 2.86 bits per heavy atom. The van der Waals surface area contributed by atoms with Crippen molar-refractivity contribution in [1.29, 1.82) is 0 Å². The van der Waals surface area contributed by atoms with Gasteiger partial charge in [-0.3, -0.25) is 4.79 Å². The lowest BCUT2D eigenvalue weighted by molar-refractivity contribution is -0.137. The summed E-state index contributed by atoms with van der Waals surface area (Å²) < 4.78 is 5.05. The van der Waals surface area contributed by atoms with Crippen molar-refractivity contribution in [3.8, 4) is 0 Å². The van der Waals surface area contributed by atoms with Crippen LogP contribution in [0.25, 0.3) is 0 Å². The van der Waals surface area contributed by atoms with Gasteiger partial charge in [-0.2, -0.15) is 0 Å². The van der Waals surface area contributed by atoms with E-state index in [-0.39, 0.29) is 18.4 Å². The predicted molar refractivity (Wildman–Crippen MR) is 74.8 cm³/mol. The molecule has 2 N–H and O–H groups in total. The summed E-state index contributed by atoms with van der Waals surface area (Å²) in [6.45, 7) is 5.36. The van der Waals surface area contributed by atoms with Gasteiger partial charge >= 0.3 is 12.0 Å². The Labute approximate surface area is 123 Å². The second-order valence-corrected chi connectivity index (χ2v) is 5.49. The highest BCUT2D eigenvalue weighted by Gasteiger charge is 2.26. The van der Waals surface area contributed by atoms with Crippen LogP contribution in [0, 0.1) is 19.8 Å². The molecular weight excluding hydrogens is 274 g/mol. The SMILES string of the molecule is Cc1noc(C)c1CNC(=O)N1CCC(CCC(=O)O)C1. The smallest absolute Gasteiger partial charge is 0.317 e. The molecule has 1 aromatic heterocycles. The summed E-state index contributed by atoms with van der Waals surface area (Å²) in [5.74, 6) is 0.218. The standard InChI is InChI=1S/C14H21N3O4/c1-9-12(10(2)21-16-9)7-15-14(20)17-6-5-11(8-17)3-4-13(18)19/h11H,3-8H2,1-2H3,(H,15,20)(H,18,19). The minimum atomic E-state index is -0.781. The molecule has 1 aromatic rings. The minimum absolute atomic E-state index is 0.118. The summed E-state index contributed by atoms with van der Waals surface area (Å²) in [6.07, 6.45) is 1.66. The Bertz CT molecular complexity index is 507. The summed E-state index contributed by atoms with van der Waals surface area (Å²) in [6, 6.07) is -0.118. The van der Waals surface area contributed by atoms with Crippen LogP contribution in [-0.2, 0) is 11.3 Å². The third-order valence-corrected chi connectivity index (χ3v) is 3.94. The molecule has 0 aromatic carbocycles. The minimum Gasteiger partial charge on any atom is -0.481 e. The zero-order valence-electron chi connectivity index (χ0n) is 12.4. The molecule has 1 aliphatic rings. The zero-order chi connectivity index (χ0) is 15.4. The van der Waals surface area contributed by atoms with Gasteiger partial charge in [-0.05, 0) is 32.6 Å². The highest BCUT2D eigenvalue weighted by Crippen LogP contribution is 2.21. The van der Waals surface area contributed by atoms with Gasteiger partial charge < -0.3 is 19.8 Å². The lowest BCUT2D eigenvalue weighted by atomic mass is 10.0. The number of carbonyl (C=O) groups is 2. The Morgan fingerprint density at radius 2 is 2.24 bits per heavy atom. The first kappa shape index (κ1) is 15.3. The first-order valence-corrected chi connectivity index (χ1v) is 7.13. The summed E-state index contributed by atoms with van der Waals surface area (Å²) >= 11 is 0. The van der Waals surface area contributed by atoms with Crippen LogP contribution in [0.4, 0.5) is 4.79 Å². The van der Waals surface area contributed by atoms with Crippen molar-refractivity contribution in [2.24, 2.45) is 5.92 Å². The number of carbonyl (C=O) groups excluding carboxylic acids is 1. The van der Waals surface area contributed by atoms with Gasteiger partial charge in [-0.1, -0.05) is 5.16 Å². The van der Waals surface area contributed by atoms with Gasteiger partial charge in [0.2, 0.25) is 0 Å². The van der Waals surface area contributed by atoms with Crippen molar-refractivity contribution in [2.75, 3.05) is 13.1 Å². The Kier molecular flexibility index (Phi) is 4.82. The van der Waals surface area contributed by atoms with E-state index in [0.29, 0.717) is 31.8 Å². The molecule has 0 saturated carbocycles. The van der Waals surface area contributed by atoms with Crippen molar-refractivity contribution < 1.29 is 19.2 Å². The van der Waals surface area contributed by atoms with Crippen LogP contribution in [0.1, 0.15) is 36.3 Å². The largest absolute Gasteiger partial charge is 0.481 e. The van der Waals surface area contributed by atoms with E-state index in [2.05, 4.69) is 10.5 Å². The van der Waals surface area contributed by atoms with E-state index in [1.54, 1.807) is 4.90 Å². The van der Waals surface area contributed by atoms with E-state index in [1.807, 2.05) is 13.8 Å². The first-order chi connectivity index (χ1) is 9.97. The molecule has 0 bridgehead atoms. The number of aliphatic carboxylic acids is 1. The third kappa shape index (κ3) is 3.96. The number of aryl methyl sites for hydroxylation is 2.